The molecular formula is C25H21LiN2. The molecule has 0 fully saturated rings. The van der Waals surface area contributed by atoms with Gasteiger partial charge in [-0.05, 0) is 50.3 Å². The van der Waals surface area contributed by atoms with Crippen LogP contribution < -0.4 is 18.9 Å². The number of hydrogen-bond donors (Lipinski definition) is 0. The summed E-state index contributed by atoms with van der Waals surface area (Å²) in [4.78, 5) is 4.83. The summed E-state index contributed by atoms with van der Waals surface area (Å²) in [6.45, 7) is 8.67. The summed E-state index contributed by atoms with van der Waals surface area (Å²) in [5.41, 5.74) is 9.70. The Balaban J connectivity index is 0.00000192. The topological polar surface area (TPSA) is 17.3 Å². The Morgan fingerprint density at radius 1 is 0.857 bits per heavy atom. The largest absolute Gasteiger partial charge is 1.00 e. The Morgan fingerprint density at radius 2 is 1.61 bits per heavy atom. The summed E-state index contributed by atoms with van der Waals surface area (Å²) in [5.74, 6) is 0. The Bertz CT molecular complexity index is 1340. The van der Waals surface area contributed by atoms with Crippen LogP contribution in [-0.4, -0.2) is 9.38 Å². The molecule has 2 nitrogen and oxygen atoms in total. The molecule has 5 aromatic rings. The van der Waals surface area contributed by atoms with Crippen LogP contribution in [0.1, 0.15) is 22.3 Å². The Labute approximate surface area is 177 Å². The molecule has 0 radical (unpaired) electrons. The van der Waals surface area contributed by atoms with E-state index in [1.165, 1.54) is 44.1 Å². The van der Waals surface area contributed by atoms with Crippen LogP contribution in [0.3, 0.4) is 0 Å². The van der Waals surface area contributed by atoms with Crippen LogP contribution in [0.2, 0.25) is 0 Å². The molecule has 0 N–H and O–H groups in total. The normalized spacial score (nSPS) is 11.3. The minimum absolute atomic E-state index is 0. The number of rotatable bonds is 1. The van der Waals surface area contributed by atoms with Crippen molar-refractivity contribution in [3.05, 3.63) is 83.0 Å². The van der Waals surface area contributed by atoms with Crippen molar-refractivity contribution in [2.75, 3.05) is 0 Å². The second-order valence-corrected chi connectivity index (χ2v) is 7.56. The molecule has 0 aliphatic carbocycles. The Hall–Kier alpha value is -2.53. The molecule has 0 atom stereocenters. The van der Waals surface area contributed by atoms with Gasteiger partial charge in [0, 0.05) is 17.3 Å². The molecule has 0 aliphatic heterocycles. The third-order valence-corrected chi connectivity index (χ3v) is 5.46. The summed E-state index contributed by atoms with van der Waals surface area (Å²) in [7, 11) is 0. The van der Waals surface area contributed by atoms with E-state index >= 15 is 0 Å². The zero-order chi connectivity index (χ0) is 18.7. The van der Waals surface area contributed by atoms with Gasteiger partial charge in [0.1, 0.15) is 0 Å². The van der Waals surface area contributed by atoms with Crippen molar-refractivity contribution in [3.63, 3.8) is 0 Å². The fraction of sp³-hybridized carbons (Fsp3) is 0.160. The summed E-state index contributed by atoms with van der Waals surface area (Å²) in [6, 6.07) is 20.8. The van der Waals surface area contributed by atoms with E-state index in [1.807, 2.05) is 12.3 Å². The predicted molar refractivity (Wildman–Crippen MR) is 113 cm³/mol. The van der Waals surface area contributed by atoms with Gasteiger partial charge in [-0.25, -0.2) is 0 Å². The molecule has 0 saturated carbocycles. The van der Waals surface area contributed by atoms with Crippen molar-refractivity contribution >= 4 is 27.3 Å². The van der Waals surface area contributed by atoms with Gasteiger partial charge in [0.05, 0.1) is 11.3 Å². The van der Waals surface area contributed by atoms with Crippen LogP contribution in [0.15, 0.2) is 54.7 Å². The number of aromatic nitrogens is 2. The number of nitrogens with zero attached hydrogens (tertiary/aromatic N) is 2. The molecular weight excluding hydrogens is 335 g/mol. The molecule has 0 saturated heterocycles. The summed E-state index contributed by atoms with van der Waals surface area (Å²) >= 11 is 0. The standard InChI is InChI=1S/C25H21N2.Li/c1-15-9-10-22-21(13-15)19-7-5-6-8-20(19)25-26-14-23(27(22)25)24-17(3)11-16(2)12-18(24)4;/h5-7,9-14H,1-4H3;/q-1;+1. The first kappa shape index (κ1) is 18.8. The van der Waals surface area contributed by atoms with E-state index in [9.17, 15) is 0 Å². The summed E-state index contributed by atoms with van der Waals surface area (Å²) < 4.78 is 2.30. The van der Waals surface area contributed by atoms with Gasteiger partial charge in [-0.3, -0.25) is 4.98 Å². The molecule has 28 heavy (non-hydrogen) atoms. The number of imidazole rings is 1. The molecule has 132 valence electrons. The fourth-order valence-corrected chi connectivity index (χ4v) is 4.44. The van der Waals surface area contributed by atoms with Gasteiger partial charge in [-0.2, -0.15) is 0 Å². The maximum Gasteiger partial charge on any atom is 1.00 e. The summed E-state index contributed by atoms with van der Waals surface area (Å²) in [5, 5.41) is 3.53. The van der Waals surface area contributed by atoms with E-state index in [-0.39, 0.29) is 18.9 Å². The molecule has 0 aliphatic rings. The minimum atomic E-state index is 0. The van der Waals surface area contributed by atoms with Crippen LogP contribution in [0.5, 0.6) is 0 Å². The summed E-state index contributed by atoms with van der Waals surface area (Å²) in [6.07, 6.45) is 2.01. The van der Waals surface area contributed by atoms with Crippen LogP contribution >= 0.6 is 0 Å². The SMILES string of the molecule is Cc1cc(C)c(-c2cnc3c4[c-]cccc4c4cc(C)ccc4n23)c(C)c1.[Li+]. The van der Waals surface area contributed by atoms with Crippen molar-refractivity contribution in [1.82, 2.24) is 9.38 Å². The smallest absolute Gasteiger partial charge is 0.333 e. The van der Waals surface area contributed by atoms with Crippen LogP contribution in [0.4, 0.5) is 0 Å². The number of pyridine rings is 1. The molecule has 3 aromatic carbocycles. The maximum atomic E-state index is 4.83. The monoisotopic (exact) mass is 356 g/mol. The molecule has 3 heteroatoms. The van der Waals surface area contributed by atoms with Gasteiger partial charge in [0.2, 0.25) is 0 Å². The van der Waals surface area contributed by atoms with E-state index in [2.05, 4.69) is 80.6 Å². The third kappa shape index (κ3) is 2.68. The van der Waals surface area contributed by atoms with Gasteiger partial charge in [0.25, 0.3) is 0 Å². The van der Waals surface area contributed by atoms with Gasteiger partial charge in [-0.15, -0.1) is 29.7 Å². The van der Waals surface area contributed by atoms with Gasteiger partial charge in [0.15, 0.2) is 0 Å². The van der Waals surface area contributed by atoms with E-state index < -0.39 is 0 Å². The third-order valence-electron chi connectivity index (χ3n) is 5.46. The van der Waals surface area contributed by atoms with Gasteiger partial charge >= 0.3 is 18.9 Å². The molecule has 0 unspecified atom stereocenters. The first-order valence-corrected chi connectivity index (χ1v) is 9.33. The van der Waals surface area contributed by atoms with Crippen molar-refractivity contribution in [1.29, 1.82) is 0 Å². The number of fused-ring (bicyclic) bond motifs is 6. The van der Waals surface area contributed by atoms with E-state index in [0.717, 1.165) is 16.7 Å². The van der Waals surface area contributed by atoms with Gasteiger partial charge < -0.3 is 4.40 Å². The van der Waals surface area contributed by atoms with Crippen molar-refractivity contribution in [2.24, 2.45) is 0 Å². The molecule has 0 bridgehead atoms. The number of hydrogen-bond acceptors (Lipinski definition) is 1. The Kier molecular flexibility index (Phi) is 4.58. The molecule has 5 rings (SSSR count). The first-order chi connectivity index (χ1) is 13.0. The van der Waals surface area contributed by atoms with Crippen LogP contribution in [0, 0.1) is 33.8 Å². The predicted octanol–water partition coefficient (Wildman–Crippen LogP) is 3.35. The first-order valence-electron chi connectivity index (χ1n) is 9.33. The quantitative estimate of drug-likeness (QED) is 0.256. The van der Waals surface area contributed by atoms with E-state index in [1.54, 1.807) is 0 Å². The fourth-order valence-electron chi connectivity index (χ4n) is 4.44. The zero-order valence-corrected chi connectivity index (χ0v) is 17.1. The van der Waals surface area contributed by atoms with E-state index in [4.69, 9.17) is 4.98 Å². The Morgan fingerprint density at radius 3 is 2.36 bits per heavy atom. The second kappa shape index (κ2) is 6.81. The molecule has 0 spiro atoms. The average molecular weight is 356 g/mol. The number of aryl methyl sites for hydroxylation is 4. The van der Waals surface area contributed by atoms with Crippen LogP contribution in [0.25, 0.3) is 38.6 Å². The van der Waals surface area contributed by atoms with Crippen molar-refractivity contribution < 1.29 is 18.9 Å². The zero-order valence-electron chi connectivity index (χ0n) is 17.1. The van der Waals surface area contributed by atoms with Gasteiger partial charge in [-0.1, -0.05) is 40.8 Å². The van der Waals surface area contributed by atoms with E-state index in [0.29, 0.717) is 0 Å². The van der Waals surface area contributed by atoms with Crippen molar-refractivity contribution in [2.45, 2.75) is 27.7 Å². The second-order valence-electron chi connectivity index (χ2n) is 7.56. The molecule has 2 heterocycles. The maximum absolute atomic E-state index is 4.83. The van der Waals surface area contributed by atoms with Crippen molar-refractivity contribution in [3.8, 4) is 11.3 Å². The number of benzene rings is 3. The minimum Gasteiger partial charge on any atom is -0.333 e. The van der Waals surface area contributed by atoms with Crippen LogP contribution in [-0.2, 0) is 0 Å². The average Bonchev–Trinajstić information content (AvgIpc) is 3.06. The molecule has 0 amide bonds. The molecule has 2 aromatic heterocycles.